The third-order valence-electron chi connectivity index (χ3n) is 5.19. The Balaban J connectivity index is 2.63. The van der Waals surface area contributed by atoms with Crippen LogP contribution in [0.15, 0.2) is 0 Å². The molecular formula is C17H35N3O. The Morgan fingerprint density at radius 2 is 2.14 bits per heavy atom. The summed E-state index contributed by atoms with van der Waals surface area (Å²) in [5, 5.41) is 3.34. The van der Waals surface area contributed by atoms with Crippen LogP contribution >= 0.6 is 0 Å². The molecule has 0 spiro atoms. The van der Waals surface area contributed by atoms with E-state index in [1.165, 1.54) is 25.7 Å². The number of carbonyl (C=O) groups excluding carboxylic acids is 1. The molecule has 0 aliphatic heterocycles. The number of nitrogens with zero attached hydrogens (tertiary/aromatic N) is 1. The van der Waals surface area contributed by atoms with E-state index in [2.05, 4.69) is 38.0 Å². The number of carbonyl (C=O) groups is 1. The number of rotatable bonds is 8. The summed E-state index contributed by atoms with van der Waals surface area (Å²) in [7, 11) is 2.20. The first-order valence-electron chi connectivity index (χ1n) is 8.57. The molecule has 3 N–H and O–H groups in total. The molecule has 21 heavy (non-hydrogen) atoms. The Morgan fingerprint density at radius 1 is 1.48 bits per heavy atom. The molecule has 124 valence electrons. The number of nitrogens with one attached hydrogen (secondary N) is 1. The van der Waals surface area contributed by atoms with Gasteiger partial charge in [-0.2, -0.15) is 0 Å². The van der Waals surface area contributed by atoms with Crippen molar-refractivity contribution < 1.29 is 4.79 Å². The van der Waals surface area contributed by atoms with Crippen LogP contribution in [0.25, 0.3) is 0 Å². The lowest BCUT2D eigenvalue weighted by Crippen LogP contribution is -2.57. The third kappa shape index (κ3) is 5.26. The SMILES string of the molecule is CCCNC(C)(CC(C)N(C)C1CCCC(C)C1)C(N)=O. The van der Waals surface area contributed by atoms with Crippen molar-refractivity contribution in [1.82, 2.24) is 10.2 Å². The van der Waals surface area contributed by atoms with Gasteiger partial charge in [0.2, 0.25) is 5.91 Å². The van der Waals surface area contributed by atoms with Gasteiger partial charge in [0.25, 0.3) is 0 Å². The molecule has 0 aromatic carbocycles. The van der Waals surface area contributed by atoms with Gasteiger partial charge >= 0.3 is 0 Å². The zero-order valence-electron chi connectivity index (χ0n) is 14.6. The fraction of sp³-hybridized carbons (Fsp3) is 0.941. The van der Waals surface area contributed by atoms with Crippen molar-refractivity contribution in [2.45, 2.75) is 83.8 Å². The molecule has 1 saturated carbocycles. The fourth-order valence-corrected chi connectivity index (χ4v) is 3.53. The van der Waals surface area contributed by atoms with Crippen LogP contribution in [0.3, 0.4) is 0 Å². The van der Waals surface area contributed by atoms with E-state index in [0.29, 0.717) is 12.1 Å². The maximum Gasteiger partial charge on any atom is 0.237 e. The molecular weight excluding hydrogens is 262 g/mol. The average Bonchev–Trinajstić information content (AvgIpc) is 2.44. The minimum atomic E-state index is -0.607. The number of primary amides is 1. The monoisotopic (exact) mass is 297 g/mol. The van der Waals surface area contributed by atoms with Crippen molar-refractivity contribution in [2.75, 3.05) is 13.6 Å². The summed E-state index contributed by atoms with van der Waals surface area (Å²) in [6.45, 7) is 9.44. The number of hydrogen-bond donors (Lipinski definition) is 2. The van der Waals surface area contributed by atoms with Gasteiger partial charge in [-0.15, -0.1) is 0 Å². The Morgan fingerprint density at radius 3 is 2.67 bits per heavy atom. The summed E-state index contributed by atoms with van der Waals surface area (Å²) < 4.78 is 0. The summed E-state index contributed by atoms with van der Waals surface area (Å²) in [4.78, 5) is 14.3. The van der Waals surface area contributed by atoms with Gasteiger partial charge in [-0.1, -0.05) is 26.7 Å². The van der Waals surface area contributed by atoms with Crippen molar-refractivity contribution in [2.24, 2.45) is 11.7 Å². The van der Waals surface area contributed by atoms with E-state index in [4.69, 9.17) is 5.73 Å². The van der Waals surface area contributed by atoms with Crippen LogP contribution in [0.1, 0.15) is 66.2 Å². The standard InChI is InChI=1S/C17H35N3O/c1-6-10-19-17(4,16(18)21)12-14(3)20(5)15-9-7-8-13(2)11-15/h13-15,19H,6-12H2,1-5H3,(H2,18,21). The molecule has 0 radical (unpaired) electrons. The van der Waals surface area contributed by atoms with E-state index in [1.54, 1.807) is 0 Å². The molecule has 4 heteroatoms. The minimum absolute atomic E-state index is 0.242. The van der Waals surface area contributed by atoms with Gasteiger partial charge in [-0.3, -0.25) is 4.79 Å². The van der Waals surface area contributed by atoms with E-state index in [-0.39, 0.29) is 5.91 Å². The predicted octanol–water partition coefficient (Wildman–Crippen LogP) is 2.52. The maximum atomic E-state index is 11.9. The van der Waals surface area contributed by atoms with Crippen LogP contribution in [0.2, 0.25) is 0 Å². The highest BCUT2D eigenvalue weighted by Gasteiger charge is 2.35. The Bertz CT molecular complexity index is 334. The molecule has 4 unspecified atom stereocenters. The lowest BCUT2D eigenvalue weighted by Gasteiger charge is -2.40. The molecule has 0 saturated heterocycles. The number of amides is 1. The van der Waals surface area contributed by atoms with Gasteiger partial charge in [-0.25, -0.2) is 0 Å². The normalized spacial score (nSPS) is 27.3. The van der Waals surface area contributed by atoms with Gasteiger partial charge in [0.1, 0.15) is 0 Å². The summed E-state index contributed by atoms with van der Waals surface area (Å²) in [5.74, 6) is 0.576. The quantitative estimate of drug-likeness (QED) is 0.724. The number of hydrogen-bond acceptors (Lipinski definition) is 3. The first kappa shape index (κ1) is 18.4. The molecule has 1 amide bonds. The lowest BCUT2D eigenvalue weighted by molar-refractivity contribution is -0.124. The van der Waals surface area contributed by atoms with Crippen LogP contribution in [-0.2, 0) is 4.79 Å². The smallest absolute Gasteiger partial charge is 0.237 e. The molecule has 1 fully saturated rings. The molecule has 1 aliphatic rings. The van der Waals surface area contributed by atoms with Crippen molar-refractivity contribution in [3.63, 3.8) is 0 Å². The molecule has 4 atom stereocenters. The van der Waals surface area contributed by atoms with Crippen molar-refractivity contribution in [1.29, 1.82) is 0 Å². The topological polar surface area (TPSA) is 58.4 Å². The molecule has 0 aromatic rings. The van der Waals surface area contributed by atoms with Crippen molar-refractivity contribution >= 4 is 5.91 Å². The Hall–Kier alpha value is -0.610. The summed E-state index contributed by atoms with van der Waals surface area (Å²) in [5.41, 5.74) is 5.03. The summed E-state index contributed by atoms with van der Waals surface area (Å²) in [6, 6.07) is 0.995. The molecule has 4 nitrogen and oxygen atoms in total. The van der Waals surface area contributed by atoms with E-state index in [0.717, 1.165) is 25.3 Å². The second-order valence-electron chi connectivity index (χ2n) is 7.27. The highest BCUT2D eigenvalue weighted by Crippen LogP contribution is 2.29. The maximum absolute atomic E-state index is 11.9. The summed E-state index contributed by atoms with van der Waals surface area (Å²) >= 11 is 0. The van der Waals surface area contributed by atoms with Crippen molar-refractivity contribution in [3.05, 3.63) is 0 Å². The average molecular weight is 297 g/mol. The van der Waals surface area contributed by atoms with Crippen LogP contribution in [0.5, 0.6) is 0 Å². The van der Waals surface area contributed by atoms with Crippen LogP contribution in [-0.4, -0.2) is 42.0 Å². The molecule has 0 aromatic heterocycles. The highest BCUT2D eigenvalue weighted by atomic mass is 16.1. The van der Waals surface area contributed by atoms with Crippen LogP contribution in [0.4, 0.5) is 0 Å². The molecule has 1 aliphatic carbocycles. The van der Waals surface area contributed by atoms with Crippen molar-refractivity contribution in [3.8, 4) is 0 Å². The second-order valence-corrected chi connectivity index (χ2v) is 7.27. The zero-order chi connectivity index (χ0) is 16.0. The molecule has 0 bridgehead atoms. The molecule has 0 heterocycles. The van der Waals surface area contributed by atoms with Gasteiger partial charge in [0.15, 0.2) is 0 Å². The Kier molecular flexibility index (Phi) is 7.14. The van der Waals surface area contributed by atoms with Crippen LogP contribution < -0.4 is 11.1 Å². The predicted molar refractivity (Wildman–Crippen MR) is 89.2 cm³/mol. The van der Waals surface area contributed by atoms with E-state index in [1.807, 2.05) is 6.92 Å². The van der Waals surface area contributed by atoms with Gasteiger partial charge in [-0.05, 0) is 59.0 Å². The highest BCUT2D eigenvalue weighted by molar-refractivity contribution is 5.84. The third-order valence-corrected chi connectivity index (χ3v) is 5.19. The molecule has 1 rings (SSSR count). The van der Waals surface area contributed by atoms with Gasteiger partial charge in [0, 0.05) is 12.1 Å². The first-order chi connectivity index (χ1) is 9.80. The number of nitrogens with two attached hydrogens (primary N) is 1. The van der Waals surface area contributed by atoms with E-state index < -0.39 is 5.54 Å². The Labute approximate surface area is 130 Å². The zero-order valence-corrected chi connectivity index (χ0v) is 14.6. The van der Waals surface area contributed by atoms with E-state index >= 15 is 0 Å². The first-order valence-corrected chi connectivity index (χ1v) is 8.57. The minimum Gasteiger partial charge on any atom is -0.368 e. The largest absolute Gasteiger partial charge is 0.368 e. The summed E-state index contributed by atoms with van der Waals surface area (Å²) in [6.07, 6.45) is 7.01. The van der Waals surface area contributed by atoms with Gasteiger partial charge in [0.05, 0.1) is 5.54 Å². The second kappa shape index (κ2) is 8.14. The van der Waals surface area contributed by atoms with E-state index in [9.17, 15) is 4.79 Å². The fourth-order valence-electron chi connectivity index (χ4n) is 3.53. The van der Waals surface area contributed by atoms with Gasteiger partial charge < -0.3 is 16.0 Å². The van der Waals surface area contributed by atoms with Crippen LogP contribution in [0, 0.1) is 5.92 Å². The lowest BCUT2D eigenvalue weighted by atomic mass is 9.84.